The van der Waals surface area contributed by atoms with E-state index in [1.54, 1.807) is 26.2 Å². The third-order valence-electron chi connectivity index (χ3n) is 2.17. The lowest BCUT2D eigenvalue weighted by molar-refractivity contribution is 0.415. The van der Waals surface area contributed by atoms with E-state index in [1.807, 2.05) is 6.07 Å². The van der Waals surface area contributed by atoms with Crippen LogP contribution in [0.25, 0.3) is 10.6 Å². The van der Waals surface area contributed by atoms with E-state index in [2.05, 4.69) is 4.98 Å². The Morgan fingerprint density at radius 3 is 2.69 bits per heavy atom. The number of methoxy groups -OCH3 is 1. The molecule has 0 amide bonds. The van der Waals surface area contributed by atoms with E-state index in [4.69, 9.17) is 16.3 Å². The second-order valence-electron chi connectivity index (χ2n) is 3.26. The summed E-state index contributed by atoms with van der Waals surface area (Å²) in [6.07, 6.45) is 0. The molecule has 1 heterocycles. The van der Waals surface area contributed by atoms with Gasteiger partial charge in [0.05, 0.1) is 17.8 Å². The zero-order valence-electron chi connectivity index (χ0n) is 8.82. The molecule has 0 atom stereocenters. The van der Waals surface area contributed by atoms with Crippen LogP contribution in [0.4, 0.5) is 0 Å². The standard InChI is InChI=1S/C11H10ClNO2S/c1-6-11(14)16-10(13-6)7-3-4-9(15-2)8(12)5-7/h3-5,14H,1-2H3. The van der Waals surface area contributed by atoms with Gasteiger partial charge in [0.2, 0.25) is 0 Å². The average Bonchev–Trinajstić information content (AvgIpc) is 2.59. The molecule has 0 saturated heterocycles. The zero-order valence-corrected chi connectivity index (χ0v) is 10.4. The first-order valence-corrected chi connectivity index (χ1v) is 5.81. The number of aromatic hydroxyl groups is 1. The molecule has 1 aromatic carbocycles. The number of thiazole rings is 1. The summed E-state index contributed by atoms with van der Waals surface area (Å²) in [7, 11) is 1.57. The minimum Gasteiger partial charge on any atom is -0.498 e. The lowest BCUT2D eigenvalue weighted by Crippen LogP contribution is -1.84. The summed E-state index contributed by atoms with van der Waals surface area (Å²) < 4.78 is 5.07. The van der Waals surface area contributed by atoms with Crippen molar-refractivity contribution >= 4 is 22.9 Å². The highest BCUT2D eigenvalue weighted by Gasteiger charge is 2.10. The number of halogens is 1. The fourth-order valence-electron chi connectivity index (χ4n) is 1.31. The molecule has 0 aliphatic rings. The predicted octanol–water partition coefficient (Wildman–Crippen LogP) is 3.49. The Morgan fingerprint density at radius 1 is 1.44 bits per heavy atom. The Labute approximate surface area is 102 Å². The molecule has 0 aliphatic heterocycles. The van der Waals surface area contributed by atoms with Crippen LogP contribution in [0.3, 0.4) is 0 Å². The number of hydrogen-bond acceptors (Lipinski definition) is 4. The second kappa shape index (κ2) is 4.31. The third-order valence-corrected chi connectivity index (χ3v) is 3.48. The largest absolute Gasteiger partial charge is 0.498 e. The maximum absolute atomic E-state index is 9.47. The van der Waals surface area contributed by atoms with Gasteiger partial charge in [-0.05, 0) is 25.1 Å². The highest BCUT2D eigenvalue weighted by molar-refractivity contribution is 7.16. The lowest BCUT2D eigenvalue weighted by Gasteiger charge is -2.03. The van der Waals surface area contributed by atoms with Crippen molar-refractivity contribution in [1.29, 1.82) is 0 Å². The fourth-order valence-corrected chi connectivity index (χ4v) is 2.37. The summed E-state index contributed by atoms with van der Waals surface area (Å²) in [5.41, 5.74) is 1.51. The summed E-state index contributed by atoms with van der Waals surface area (Å²) in [4.78, 5) is 4.25. The minimum atomic E-state index is 0.238. The highest BCUT2D eigenvalue weighted by atomic mass is 35.5. The molecule has 1 N–H and O–H groups in total. The molecule has 0 aliphatic carbocycles. The molecule has 84 valence electrons. The first-order chi connectivity index (χ1) is 7.61. The Kier molecular flexibility index (Phi) is 3.03. The van der Waals surface area contributed by atoms with Crippen molar-refractivity contribution in [2.75, 3.05) is 7.11 Å². The summed E-state index contributed by atoms with van der Waals surface area (Å²) in [6, 6.07) is 5.42. The smallest absolute Gasteiger partial charge is 0.195 e. The number of aromatic nitrogens is 1. The minimum absolute atomic E-state index is 0.238. The van der Waals surface area contributed by atoms with E-state index in [1.165, 1.54) is 11.3 Å². The second-order valence-corrected chi connectivity index (χ2v) is 4.64. The number of benzene rings is 1. The van der Waals surface area contributed by atoms with E-state index in [-0.39, 0.29) is 5.06 Å². The van der Waals surface area contributed by atoms with Crippen molar-refractivity contribution in [3.05, 3.63) is 28.9 Å². The molecule has 2 rings (SSSR count). The maximum Gasteiger partial charge on any atom is 0.195 e. The Morgan fingerprint density at radius 2 is 2.19 bits per heavy atom. The van der Waals surface area contributed by atoms with Gasteiger partial charge in [-0.2, -0.15) is 0 Å². The first-order valence-electron chi connectivity index (χ1n) is 4.62. The van der Waals surface area contributed by atoms with Gasteiger partial charge in [0.15, 0.2) is 5.06 Å². The van der Waals surface area contributed by atoms with Crippen LogP contribution in [0.15, 0.2) is 18.2 Å². The maximum atomic E-state index is 9.47. The molecule has 0 fully saturated rings. The number of hydrogen-bond donors (Lipinski definition) is 1. The van der Waals surface area contributed by atoms with Crippen molar-refractivity contribution in [1.82, 2.24) is 4.98 Å². The third kappa shape index (κ3) is 1.99. The topological polar surface area (TPSA) is 42.4 Å². The normalized spacial score (nSPS) is 10.4. The molecule has 0 saturated carbocycles. The first kappa shape index (κ1) is 11.2. The van der Waals surface area contributed by atoms with Gasteiger partial charge in [0, 0.05) is 5.56 Å². The fraction of sp³-hybridized carbons (Fsp3) is 0.182. The van der Waals surface area contributed by atoms with Crippen LogP contribution in [0.1, 0.15) is 5.69 Å². The van der Waals surface area contributed by atoms with Gasteiger partial charge in [-0.1, -0.05) is 22.9 Å². The van der Waals surface area contributed by atoms with Gasteiger partial charge in [0.25, 0.3) is 0 Å². The van der Waals surface area contributed by atoms with Crippen LogP contribution in [0.5, 0.6) is 10.8 Å². The van der Waals surface area contributed by atoms with Gasteiger partial charge < -0.3 is 9.84 Å². The quantitative estimate of drug-likeness (QED) is 0.893. The molecule has 0 spiro atoms. The zero-order chi connectivity index (χ0) is 11.7. The Balaban J connectivity index is 2.45. The summed E-state index contributed by atoms with van der Waals surface area (Å²) >= 11 is 7.25. The van der Waals surface area contributed by atoms with Gasteiger partial charge >= 0.3 is 0 Å². The Hall–Kier alpha value is -1.26. The monoisotopic (exact) mass is 255 g/mol. The van der Waals surface area contributed by atoms with Gasteiger partial charge in [-0.15, -0.1) is 0 Å². The average molecular weight is 256 g/mol. The van der Waals surface area contributed by atoms with Gasteiger partial charge in [-0.3, -0.25) is 0 Å². The van der Waals surface area contributed by atoms with E-state index < -0.39 is 0 Å². The molecular formula is C11H10ClNO2S. The lowest BCUT2D eigenvalue weighted by atomic mass is 10.2. The van der Waals surface area contributed by atoms with E-state index in [9.17, 15) is 5.11 Å². The molecule has 0 unspecified atom stereocenters. The van der Waals surface area contributed by atoms with Crippen LogP contribution in [-0.2, 0) is 0 Å². The van der Waals surface area contributed by atoms with Crippen LogP contribution >= 0.6 is 22.9 Å². The SMILES string of the molecule is COc1ccc(-c2nc(C)c(O)s2)cc1Cl. The van der Waals surface area contributed by atoms with Crippen molar-refractivity contribution in [3.63, 3.8) is 0 Å². The van der Waals surface area contributed by atoms with Crippen molar-refractivity contribution in [2.45, 2.75) is 6.92 Å². The van der Waals surface area contributed by atoms with Crippen molar-refractivity contribution < 1.29 is 9.84 Å². The molecule has 1 aromatic heterocycles. The number of rotatable bonds is 2. The summed E-state index contributed by atoms with van der Waals surface area (Å²) in [6.45, 7) is 1.76. The summed E-state index contributed by atoms with van der Waals surface area (Å²) in [5, 5.41) is 11.0. The number of ether oxygens (including phenoxy) is 1. The molecule has 0 radical (unpaired) electrons. The summed E-state index contributed by atoms with van der Waals surface area (Å²) in [5.74, 6) is 0.628. The van der Waals surface area contributed by atoms with Crippen LogP contribution in [-0.4, -0.2) is 17.2 Å². The van der Waals surface area contributed by atoms with Crippen LogP contribution < -0.4 is 4.74 Å². The molecular weight excluding hydrogens is 246 g/mol. The molecule has 5 heteroatoms. The van der Waals surface area contributed by atoms with E-state index in [0.29, 0.717) is 16.5 Å². The van der Waals surface area contributed by atoms with Gasteiger partial charge in [-0.25, -0.2) is 4.98 Å². The van der Waals surface area contributed by atoms with Crippen LogP contribution in [0.2, 0.25) is 5.02 Å². The molecule has 16 heavy (non-hydrogen) atoms. The van der Waals surface area contributed by atoms with Crippen molar-refractivity contribution in [3.8, 4) is 21.4 Å². The molecule has 2 aromatic rings. The predicted molar refractivity (Wildman–Crippen MR) is 65.5 cm³/mol. The molecule has 3 nitrogen and oxygen atoms in total. The Bertz CT molecular complexity index is 505. The highest BCUT2D eigenvalue weighted by Crippen LogP contribution is 2.35. The van der Waals surface area contributed by atoms with Gasteiger partial charge in [0.1, 0.15) is 10.8 Å². The van der Waals surface area contributed by atoms with Crippen LogP contribution in [0, 0.1) is 6.92 Å². The van der Waals surface area contributed by atoms with E-state index >= 15 is 0 Å². The number of nitrogens with zero attached hydrogens (tertiary/aromatic N) is 1. The molecule has 0 bridgehead atoms. The number of aryl methyl sites for hydroxylation is 1. The van der Waals surface area contributed by atoms with E-state index in [0.717, 1.165) is 10.6 Å². The van der Waals surface area contributed by atoms with Crippen molar-refractivity contribution in [2.24, 2.45) is 0 Å².